The minimum Gasteiger partial charge on any atom is -0.312 e. The van der Waals surface area contributed by atoms with E-state index in [4.69, 9.17) is 0 Å². The van der Waals surface area contributed by atoms with Crippen molar-refractivity contribution in [3.05, 3.63) is 35.9 Å². The molecule has 122 valence electrons. The summed E-state index contributed by atoms with van der Waals surface area (Å²) >= 11 is 0. The van der Waals surface area contributed by atoms with Crippen LogP contribution in [0.25, 0.3) is 0 Å². The van der Waals surface area contributed by atoms with Gasteiger partial charge in [-0.15, -0.1) is 0 Å². The fourth-order valence-corrected chi connectivity index (χ4v) is 4.35. The van der Waals surface area contributed by atoms with Crippen LogP contribution in [0.15, 0.2) is 30.3 Å². The van der Waals surface area contributed by atoms with Gasteiger partial charge in [-0.2, -0.15) is 0 Å². The van der Waals surface area contributed by atoms with E-state index in [9.17, 15) is 0 Å². The molecule has 2 nitrogen and oxygen atoms in total. The summed E-state index contributed by atoms with van der Waals surface area (Å²) in [5.74, 6) is 1.75. The van der Waals surface area contributed by atoms with Crippen LogP contribution in [0.4, 0.5) is 0 Å². The van der Waals surface area contributed by atoms with Crippen LogP contribution in [0.3, 0.4) is 0 Å². The highest BCUT2D eigenvalue weighted by Crippen LogP contribution is 2.25. The van der Waals surface area contributed by atoms with Crippen LogP contribution in [0, 0.1) is 11.8 Å². The maximum Gasteiger partial charge on any atom is 0.0198 e. The molecular weight excluding hydrogens is 268 g/mol. The molecule has 2 fully saturated rings. The maximum absolute atomic E-state index is 3.90. The van der Waals surface area contributed by atoms with E-state index in [1.54, 1.807) is 0 Å². The quantitative estimate of drug-likeness (QED) is 0.861. The number of rotatable bonds is 6. The molecule has 1 aromatic rings. The van der Waals surface area contributed by atoms with Crippen molar-refractivity contribution in [3.63, 3.8) is 0 Å². The number of likely N-dealkylation sites (tertiary alicyclic amines) is 1. The Labute approximate surface area is 136 Å². The van der Waals surface area contributed by atoms with Gasteiger partial charge in [0.15, 0.2) is 0 Å². The lowest BCUT2D eigenvalue weighted by atomic mass is 9.88. The van der Waals surface area contributed by atoms with Crippen LogP contribution >= 0.6 is 0 Å². The minimum atomic E-state index is 0.697. The molecule has 2 unspecified atom stereocenters. The smallest absolute Gasteiger partial charge is 0.0198 e. The number of hydrogen-bond acceptors (Lipinski definition) is 2. The van der Waals surface area contributed by atoms with Crippen molar-refractivity contribution in [3.8, 4) is 0 Å². The molecule has 3 rings (SSSR count). The predicted octanol–water partition coefficient (Wildman–Crippen LogP) is 3.72. The standard InChI is InChI=1S/C20H32N2/c1-2-22-15-19(12-17-8-4-3-5-9-17)13-20(16-22)21-14-18-10-6-7-11-18/h3-5,8-9,18-21H,2,6-7,10-16H2,1H3. The van der Waals surface area contributed by atoms with E-state index in [0.29, 0.717) is 6.04 Å². The molecule has 0 bridgehead atoms. The van der Waals surface area contributed by atoms with Crippen LogP contribution in [-0.2, 0) is 6.42 Å². The van der Waals surface area contributed by atoms with Gasteiger partial charge in [-0.1, -0.05) is 50.1 Å². The molecule has 2 heteroatoms. The van der Waals surface area contributed by atoms with Gasteiger partial charge in [0.1, 0.15) is 0 Å². The average Bonchev–Trinajstić information content (AvgIpc) is 3.07. The van der Waals surface area contributed by atoms with Crippen LogP contribution in [0.1, 0.15) is 44.6 Å². The second-order valence-electron chi connectivity index (χ2n) is 7.40. The van der Waals surface area contributed by atoms with Crippen molar-refractivity contribution in [2.24, 2.45) is 11.8 Å². The molecule has 0 radical (unpaired) electrons. The van der Waals surface area contributed by atoms with E-state index in [1.807, 2.05) is 0 Å². The first-order valence-electron chi connectivity index (χ1n) is 9.33. The molecule has 2 atom stereocenters. The summed E-state index contributed by atoms with van der Waals surface area (Å²) in [6.07, 6.45) is 8.38. The molecule has 1 N–H and O–H groups in total. The lowest BCUT2D eigenvalue weighted by Gasteiger charge is -2.38. The van der Waals surface area contributed by atoms with Crippen LogP contribution in [0.5, 0.6) is 0 Å². The Balaban J connectivity index is 1.52. The second kappa shape index (κ2) is 8.12. The van der Waals surface area contributed by atoms with Crippen molar-refractivity contribution in [1.29, 1.82) is 0 Å². The zero-order valence-corrected chi connectivity index (χ0v) is 14.1. The molecule has 1 aliphatic carbocycles. The highest BCUT2D eigenvalue weighted by molar-refractivity contribution is 5.15. The summed E-state index contributed by atoms with van der Waals surface area (Å²) in [7, 11) is 0. The Kier molecular flexibility index (Phi) is 5.91. The molecule has 0 spiro atoms. The second-order valence-corrected chi connectivity index (χ2v) is 7.40. The molecule has 0 aromatic heterocycles. The van der Waals surface area contributed by atoms with Gasteiger partial charge >= 0.3 is 0 Å². The van der Waals surface area contributed by atoms with E-state index in [1.165, 1.54) is 70.3 Å². The summed E-state index contributed by atoms with van der Waals surface area (Å²) in [4.78, 5) is 2.64. The van der Waals surface area contributed by atoms with E-state index in [0.717, 1.165) is 11.8 Å². The van der Waals surface area contributed by atoms with Crippen LogP contribution < -0.4 is 5.32 Å². The third kappa shape index (κ3) is 4.57. The number of likely N-dealkylation sites (N-methyl/N-ethyl adjacent to an activating group) is 1. The zero-order valence-electron chi connectivity index (χ0n) is 14.1. The van der Waals surface area contributed by atoms with Gasteiger partial charge < -0.3 is 10.2 Å². The van der Waals surface area contributed by atoms with Crippen molar-refractivity contribution >= 4 is 0 Å². The average molecular weight is 300 g/mol. The zero-order chi connectivity index (χ0) is 15.2. The van der Waals surface area contributed by atoms with E-state index >= 15 is 0 Å². The number of piperidine rings is 1. The molecule has 1 aromatic carbocycles. The Morgan fingerprint density at radius 1 is 1.05 bits per heavy atom. The normalized spacial score (nSPS) is 27.3. The van der Waals surface area contributed by atoms with Crippen molar-refractivity contribution in [1.82, 2.24) is 10.2 Å². The van der Waals surface area contributed by atoms with Gasteiger partial charge in [0.25, 0.3) is 0 Å². The van der Waals surface area contributed by atoms with Crippen molar-refractivity contribution in [2.75, 3.05) is 26.2 Å². The van der Waals surface area contributed by atoms with E-state index < -0.39 is 0 Å². The summed E-state index contributed by atoms with van der Waals surface area (Å²) < 4.78 is 0. The summed E-state index contributed by atoms with van der Waals surface area (Å²) in [6, 6.07) is 11.7. The highest BCUT2D eigenvalue weighted by Gasteiger charge is 2.27. The van der Waals surface area contributed by atoms with Gasteiger partial charge in [-0.05, 0) is 56.2 Å². The van der Waals surface area contributed by atoms with Gasteiger partial charge in [0.05, 0.1) is 0 Å². The van der Waals surface area contributed by atoms with E-state index in [-0.39, 0.29) is 0 Å². The first-order valence-corrected chi connectivity index (χ1v) is 9.33. The Morgan fingerprint density at radius 3 is 2.55 bits per heavy atom. The van der Waals surface area contributed by atoms with Crippen LogP contribution in [-0.4, -0.2) is 37.1 Å². The first kappa shape index (κ1) is 16.0. The lowest BCUT2D eigenvalue weighted by Crippen LogP contribution is -2.50. The third-order valence-corrected chi connectivity index (χ3v) is 5.60. The topological polar surface area (TPSA) is 15.3 Å². The largest absolute Gasteiger partial charge is 0.312 e. The summed E-state index contributed by atoms with van der Waals surface area (Å²) in [5.41, 5.74) is 1.50. The Hall–Kier alpha value is -0.860. The molecule has 0 amide bonds. The number of benzene rings is 1. The van der Waals surface area contributed by atoms with Crippen LogP contribution in [0.2, 0.25) is 0 Å². The summed E-state index contributed by atoms with van der Waals surface area (Å²) in [5, 5.41) is 3.90. The minimum absolute atomic E-state index is 0.697. The van der Waals surface area contributed by atoms with Crippen molar-refractivity contribution < 1.29 is 0 Å². The SMILES string of the molecule is CCN1CC(Cc2ccccc2)CC(NCC2CCCC2)C1. The fraction of sp³-hybridized carbons (Fsp3) is 0.700. The Bertz CT molecular complexity index is 425. The first-order chi connectivity index (χ1) is 10.8. The molecule has 1 heterocycles. The molecule has 22 heavy (non-hydrogen) atoms. The van der Waals surface area contributed by atoms with Gasteiger partial charge in [-0.3, -0.25) is 0 Å². The summed E-state index contributed by atoms with van der Waals surface area (Å²) in [6.45, 7) is 7.26. The van der Waals surface area contributed by atoms with E-state index in [2.05, 4.69) is 47.5 Å². The van der Waals surface area contributed by atoms with Gasteiger partial charge in [0.2, 0.25) is 0 Å². The molecular formula is C20H32N2. The molecule has 2 aliphatic rings. The number of nitrogens with one attached hydrogen (secondary N) is 1. The van der Waals surface area contributed by atoms with Gasteiger partial charge in [0, 0.05) is 19.1 Å². The van der Waals surface area contributed by atoms with Crippen molar-refractivity contribution in [2.45, 2.75) is 51.5 Å². The highest BCUT2D eigenvalue weighted by atomic mass is 15.2. The maximum atomic E-state index is 3.90. The number of nitrogens with zero attached hydrogens (tertiary/aromatic N) is 1. The molecule has 1 saturated heterocycles. The monoisotopic (exact) mass is 300 g/mol. The number of hydrogen-bond donors (Lipinski definition) is 1. The lowest BCUT2D eigenvalue weighted by molar-refractivity contribution is 0.144. The third-order valence-electron chi connectivity index (χ3n) is 5.60. The van der Waals surface area contributed by atoms with Gasteiger partial charge in [-0.25, -0.2) is 0 Å². The molecule has 1 saturated carbocycles. The molecule has 1 aliphatic heterocycles. The predicted molar refractivity (Wildman–Crippen MR) is 94.1 cm³/mol. The fourth-order valence-electron chi connectivity index (χ4n) is 4.35. The Morgan fingerprint density at radius 2 is 1.82 bits per heavy atom.